The summed E-state index contributed by atoms with van der Waals surface area (Å²) >= 11 is 0. The van der Waals surface area contributed by atoms with Gasteiger partial charge < -0.3 is 10.8 Å². The van der Waals surface area contributed by atoms with Crippen molar-refractivity contribution in [3.63, 3.8) is 0 Å². The van der Waals surface area contributed by atoms with Gasteiger partial charge in [0.2, 0.25) is 0 Å². The van der Waals surface area contributed by atoms with E-state index in [-0.39, 0.29) is 34.1 Å². The highest BCUT2D eigenvalue weighted by Gasteiger charge is 2.13. The lowest BCUT2D eigenvalue weighted by molar-refractivity contribution is 0.101. The van der Waals surface area contributed by atoms with Crippen LogP contribution in [0.5, 0.6) is 5.75 Å². The fourth-order valence-corrected chi connectivity index (χ4v) is 1.91. The maximum absolute atomic E-state index is 11.1. The number of ketones is 2. The van der Waals surface area contributed by atoms with E-state index in [0.29, 0.717) is 0 Å². The summed E-state index contributed by atoms with van der Waals surface area (Å²) in [5.74, 6) is -0.727. The number of Topliss-reactive ketones (excluding diaryl/α,β-unsaturated/α-hetero) is 2. The quantitative estimate of drug-likeness (QED) is 0.634. The molecule has 3 N–H and O–H groups in total. The molecule has 0 amide bonds. The molecule has 0 bridgehead atoms. The molecule has 0 fully saturated rings. The van der Waals surface area contributed by atoms with E-state index in [9.17, 15) is 14.7 Å². The molecule has 0 saturated carbocycles. The van der Waals surface area contributed by atoms with E-state index in [1.165, 1.54) is 31.5 Å². The summed E-state index contributed by atoms with van der Waals surface area (Å²) in [7, 11) is 0. The maximum atomic E-state index is 11.1. The van der Waals surface area contributed by atoms with Gasteiger partial charge in [-0.3, -0.25) is 9.59 Å². The molecule has 4 nitrogen and oxygen atoms in total. The third-order valence-electron chi connectivity index (χ3n) is 3.18. The van der Waals surface area contributed by atoms with Crippen LogP contribution in [0.25, 0.3) is 0 Å². The Morgan fingerprint density at radius 2 is 1.46 bits per heavy atom. The van der Waals surface area contributed by atoms with Crippen molar-refractivity contribution in [1.82, 2.24) is 0 Å². The van der Waals surface area contributed by atoms with Gasteiger partial charge >= 0.3 is 0 Å². The van der Waals surface area contributed by atoms with Crippen LogP contribution >= 0.6 is 0 Å². The third-order valence-corrected chi connectivity index (χ3v) is 3.18. The van der Waals surface area contributed by atoms with Crippen molar-refractivity contribution < 1.29 is 14.7 Å². The molecule has 2 rings (SSSR count). The number of hydrogen-bond donors (Lipinski definition) is 2. The summed E-state index contributed by atoms with van der Waals surface area (Å²) in [5, 5.41) is 9.36. The number of aromatic hydroxyl groups is 1. The predicted octanol–water partition coefficient (Wildman–Crippen LogP) is 4.65. The van der Waals surface area contributed by atoms with Crippen LogP contribution in [0.2, 0.25) is 0 Å². The van der Waals surface area contributed by atoms with Crippen molar-refractivity contribution in [3.05, 3.63) is 59.2 Å². The fraction of sp³-hybridized carbons (Fsp3) is 0.300. The Bertz CT molecular complexity index is 629. The number of carbonyl (C=O) groups excluding carboxylic acids is 2. The first-order valence-corrected chi connectivity index (χ1v) is 8.05. The van der Waals surface area contributed by atoms with Gasteiger partial charge in [-0.25, -0.2) is 0 Å². The number of aryl methyl sites for hydroxylation is 1. The summed E-state index contributed by atoms with van der Waals surface area (Å²) in [6.07, 6.45) is 1.14. The second-order valence-corrected chi connectivity index (χ2v) is 4.91. The van der Waals surface area contributed by atoms with Crippen LogP contribution in [0.4, 0.5) is 5.69 Å². The zero-order valence-corrected chi connectivity index (χ0v) is 15.1. The van der Waals surface area contributed by atoms with Crippen LogP contribution in [0.3, 0.4) is 0 Å². The lowest BCUT2D eigenvalue weighted by atomic mass is 10.0. The van der Waals surface area contributed by atoms with E-state index < -0.39 is 0 Å². The van der Waals surface area contributed by atoms with E-state index in [4.69, 9.17) is 5.73 Å². The van der Waals surface area contributed by atoms with E-state index in [0.717, 1.165) is 6.42 Å². The molecule has 4 heteroatoms. The van der Waals surface area contributed by atoms with Crippen LogP contribution in [-0.2, 0) is 6.42 Å². The Morgan fingerprint density at radius 1 is 0.958 bits per heavy atom. The molecule has 0 atom stereocenters. The normalized spacial score (nSPS) is 9.04. The van der Waals surface area contributed by atoms with E-state index in [1.807, 2.05) is 19.9 Å². The van der Waals surface area contributed by atoms with Crippen LogP contribution in [0, 0.1) is 0 Å². The molecule has 0 aliphatic carbocycles. The van der Waals surface area contributed by atoms with Crippen molar-refractivity contribution in [2.24, 2.45) is 0 Å². The maximum Gasteiger partial charge on any atom is 0.163 e. The standard InChI is InChI=1S/C10H11NO3.C8H10.C2H6/c1-5(12)7-3-8(6(2)13)10(14)4-9(7)11;1-2-8-6-4-3-5-7-8;1-2/h3-4,14H,11H2,1-2H3;3-7H,2H2,1H3;1-2H3. The summed E-state index contributed by atoms with van der Waals surface area (Å²) < 4.78 is 0. The van der Waals surface area contributed by atoms with Gasteiger partial charge in [-0.2, -0.15) is 0 Å². The fourth-order valence-electron chi connectivity index (χ4n) is 1.91. The first-order chi connectivity index (χ1) is 11.4. The SMILES string of the molecule is CC.CC(=O)c1cc(C(C)=O)c(O)cc1N.CCc1ccccc1. The number of phenols is 1. The van der Waals surface area contributed by atoms with Gasteiger partial charge in [0.1, 0.15) is 5.75 Å². The zero-order valence-electron chi connectivity index (χ0n) is 15.1. The molecule has 130 valence electrons. The molecule has 24 heavy (non-hydrogen) atoms. The van der Waals surface area contributed by atoms with Crippen molar-refractivity contribution in [1.29, 1.82) is 0 Å². The number of phenolic OH excluding ortho intramolecular Hbond substituents is 1. The van der Waals surface area contributed by atoms with Gasteiger partial charge in [0.05, 0.1) is 5.56 Å². The van der Waals surface area contributed by atoms with Crippen LogP contribution in [-0.4, -0.2) is 16.7 Å². The highest BCUT2D eigenvalue weighted by molar-refractivity contribution is 6.04. The molecular weight excluding hydrogens is 302 g/mol. The first kappa shape index (κ1) is 21.4. The molecule has 0 aromatic heterocycles. The minimum Gasteiger partial charge on any atom is -0.507 e. The monoisotopic (exact) mass is 329 g/mol. The van der Waals surface area contributed by atoms with Gasteiger partial charge in [0.25, 0.3) is 0 Å². The van der Waals surface area contributed by atoms with Crippen molar-refractivity contribution in [2.75, 3.05) is 5.73 Å². The topological polar surface area (TPSA) is 80.4 Å². The van der Waals surface area contributed by atoms with Crippen molar-refractivity contribution in [2.45, 2.75) is 41.0 Å². The second-order valence-electron chi connectivity index (χ2n) is 4.91. The van der Waals surface area contributed by atoms with Gasteiger partial charge in [-0.05, 0) is 31.9 Å². The van der Waals surface area contributed by atoms with E-state index >= 15 is 0 Å². The number of nitrogens with two attached hydrogens (primary N) is 1. The molecule has 0 unspecified atom stereocenters. The van der Waals surface area contributed by atoms with Crippen LogP contribution in [0.1, 0.15) is 60.9 Å². The summed E-state index contributed by atoms with van der Waals surface area (Å²) in [6.45, 7) is 8.83. The summed E-state index contributed by atoms with van der Waals surface area (Å²) in [6, 6.07) is 13.0. The Kier molecular flexibility index (Phi) is 9.80. The minimum absolute atomic E-state index is 0.115. The Labute approximate surface area is 144 Å². The number of hydrogen-bond acceptors (Lipinski definition) is 4. The molecular formula is C20H27NO3. The average Bonchev–Trinajstić information content (AvgIpc) is 2.57. The Morgan fingerprint density at radius 3 is 1.83 bits per heavy atom. The van der Waals surface area contributed by atoms with Gasteiger partial charge in [-0.1, -0.05) is 51.1 Å². The van der Waals surface area contributed by atoms with Crippen molar-refractivity contribution in [3.8, 4) is 5.75 Å². The van der Waals surface area contributed by atoms with Gasteiger partial charge in [-0.15, -0.1) is 0 Å². The van der Waals surface area contributed by atoms with E-state index in [1.54, 1.807) is 0 Å². The zero-order chi connectivity index (χ0) is 18.7. The predicted molar refractivity (Wildman–Crippen MR) is 99.7 cm³/mol. The molecule has 2 aromatic rings. The molecule has 0 saturated heterocycles. The Hall–Kier alpha value is -2.62. The first-order valence-electron chi connectivity index (χ1n) is 8.05. The molecule has 0 heterocycles. The molecule has 0 radical (unpaired) electrons. The van der Waals surface area contributed by atoms with E-state index in [2.05, 4.69) is 31.2 Å². The number of anilines is 1. The molecule has 0 aliphatic rings. The Balaban J connectivity index is 0.000000447. The van der Waals surface area contributed by atoms with Crippen LogP contribution in [0.15, 0.2) is 42.5 Å². The molecule has 0 spiro atoms. The van der Waals surface area contributed by atoms with Gasteiger partial charge in [0, 0.05) is 17.3 Å². The smallest absolute Gasteiger partial charge is 0.163 e. The van der Waals surface area contributed by atoms with Crippen molar-refractivity contribution >= 4 is 17.3 Å². The molecule has 0 aliphatic heterocycles. The number of carbonyl (C=O) groups is 2. The van der Waals surface area contributed by atoms with Crippen LogP contribution < -0.4 is 5.73 Å². The lowest BCUT2D eigenvalue weighted by Gasteiger charge is -2.06. The lowest BCUT2D eigenvalue weighted by Crippen LogP contribution is -2.03. The highest BCUT2D eigenvalue weighted by atomic mass is 16.3. The third kappa shape index (κ3) is 6.65. The number of nitrogen functional groups attached to an aromatic ring is 1. The number of rotatable bonds is 3. The van der Waals surface area contributed by atoms with Gasteiger partial charge in [0.15, 0.2) is 11.6 Å². The average molecular weight is 329 g/mol. The summed E-state index contributed by atoms with van der Waals surface area (Å²) in [4.78, 5) is 22.1. The second kappa shape index (κ2) is 11.0. The minimum atomic E-state index is -0.301. The number of benzene rings is 2. The largest absolute Gasteiger partial charge is 0.507 e. The molecule has 2 aromatic carbocycles. The summed E-state index contributed by atoms with van der Waals surface area (Å²) in [5.41, 5.74) is 7.46. The highest BCUT2D eigenvalue weighted by Crippen LogP contribution is 2.25.